The van der Waals surface area contributed by atoms with Crippen LogP contribution in [0.3, 0.4) is 0 Å². The summed E-state index contributed by atoms with van der Waals surface area (Å²) in [5.74, 6) is 0.762. The molecule has 0 rings (SSSR count). The van der Waals surface area contributed by atoms with Crippen molar-refractivity contribution in [1.29, 1.82) is 0 Å². The first-order valence-electron chi connectivity index (χ1n) is 8.15. The fraction of sp³-hybridized carbons (Fsp3) is 1.00. The molecule has 3 N–H and O–H groups in total. The quantitative estimate of drug-likeness (QED) is 0.487. The van der Waals surface area contributed by atoms with Gasteiger partial charge in [0.05, 0.1) is 0 Å². The molecule has 0 aromatic carbocycles. The second-order valence-corrected chi connectivity index (χ2v) is 5.83. The Balaban J connectivity index is 3.15. The van der Waals surface area contributed by atoms with Gasteiger partial charge in [-0.1, -0.05) is 59.3 Å². The molecule has 0 spiro atoms. The number of rotatable bonds is 13. The fourth-order valence-electron chi connectivity index (χ4n) is 2.47. The van der Waals surface area contributed by atoms with Crippen molar-refractivity contribution in [3.8, 4) is 0 Å². The molecule has 2 nitrogen and oxygen atoms in total. The molecule has 18 heavy (non-hydrogen) atoms. The molecule has 0 saturated carbocycles. The van der Waals surface area contributed by atoms with Gasteiger partial charge in [-0.15, -0.1) is 0 Å². The zero-order chi connectivity index (χ0) is 13.6. The summed E-state index contributed by atoms with van der Waals surface area (Å²) < 4.78 is 0. The van der Waals surface area contributed by atoms with Gasteiger partial charge in [-0.25, -0.2) is 0 Å². The van der Waals surface area contributed by atoms with E-state index < -0.39 is 0 Å². The molecular formula is C16H36N2. The monoisotopic (exact) mass is 256 g/mol. The van der Waals surface area contributed by atoms with Gasteiger partial charge in [0.2, 0.25) is 0 Å². The van der Waals surface area contributed by atoms with Crippen LogP contribution in [0.1, 0.15) is 78.6 Å². The number of unbranched alkanes of at least 4 members (excludes halogenated alkanes) is 7. The topological polar surface area (TPSA) is 38.0 Å². The first-order chi connectivity index (χ1) is 8.72. The van der Waals surface area contributed by atoms with Crippen molar-refractivity contribution in [2.75, 3.05) is 13.1 Å². The van der Waals surface area contributed by atoms with Gasteiger partial charge < -0.3 is 11.1 Å². The Morgan fingerprint density at radius 1 is 0.833 bits per heavy atom. The summed E-state index contributed by atoms with van der Waals surface area (Å²) in [5, 5.41) is 3.67. The van der Waals surface area contributed by atoms with E-state index in [1.54, 1.807) is 0 Å². The third kappa shape index (κ3) is 11.0. The van der Waals surface area contributed by atoms with Crippen molar-refractivity contribution in [1.82, 2.24) is 5.32 Å². The molecule has 110 valence electrons. The Kier molecular flexibility index (Phi) is 13.3. The van der Waals surface area contributed by atoms with Crippen LogP contribution in [0.5, 0.6) is 0 Å². The molecule has 0 aliphatic rings. The lowest BCUT2D eigenvalue weighted by molar-refractivity contribution is 0.383. The summed E-state index contributed by atoms with van der Waals surface area (Å²) in [6.45, 7) is 8.95. The third-order valence-corrected chi connectivity index (χ3v) is 3.78. The molecule has 0 aliphatic heterocycles. The highest BCUT2D eigenvalue weighted by Crippen LogP contribution is 2.09. The lowest BCUT2D eigenvalue weighted by Crippen LogP contribution is -2.33. The molecule has 0 heterocycles. The van der Waals surface area contributed by atoms with Crippen molar-refractivity contribution in [3.05, 3.63) is 0 Å². The van der Waals surface area contributed by atoms with Gasteiger partial charge in [0.25, 0.3) is 0 Å². The molecule has 0 bridgehead atoms. The maximum absolute atomic E-state index is 5.47. The van der Waals surface area contributed by atoms with Crippen LogP contribution < -0.4 is 11.1 Å². The van der Waals surface area contributed by atoms with Crippen molar-refractivity contribution in [3.63, 3.8) is 0 Å². The van der Waals surface area contributed by atoms with E-state index in [9.17, 15) is 0 Å². The highest BCUT2D eigenvalue weighted by molar-refractivity contribution is 4.68. The molecule has 0 saturated heterocycles. The molecule has 0 aromatic heterocycles. The zero-order valence-corrected chi connectivity index (χ0v) is 13.0. The first kappa shape index (κ1) is 17.9. The van der Waals surface area contributed by atoms with Gasteiger partial charge in [-0.05, 0) is 38.3 Å². The number of hydrogen-bond acceptors (Lipinski definition) is 2. The molecular weight excluding hydrogens is 220 g/mol. The van der Waals surface area contributed by atoms with Crippen molar-refractivity contribution in [2.24, 2.45) is 11.7 Å². The van der Waals surface area contributed by atoms with Crippen LogP contribution in [0.4, 0.5) is 0 Å². The van der Waals surface area contributed by atoms with Crippen molar-refractivity contribution in [2.45, 2.75) is 84.6 Å². The van der Waals surface area contributed by atoms with Gasteiger partial charge >= 0.3 is 0 Å². The van der Waals surface area contributed by atoms with E-state index in [2.05, 4.69) is 26.1 Å². The van der Waals surface area contributed by atoms with E-state index in [1.807, 2.05) is 0 Å². The Bertz CT molecular complexity index is 157. The minimum Gasteiger partial charge on any atom is -0.330 e. The Hall–Kier alpha value is -0.0800. The minimum absolute atomic E-state index is 0.710. The Morgan fingerprint density at radius 2 is 1.33 bits per heavy atom. The molecule has 0 aromatic rings. The molecule has 1 atom stereocenters. The summed E-state index contributed by atoms with van der Waals surface area (Å²) in [6, 6.07) is 0.710. The van der Waals surface area contributed by atoms with Gasteiger partial charge in [0, 0.05) is 6.04 Å². The smallest absolute Gasteiger partial charge is 0.00874 e. The standard InChI is InChI=1S/C16H36N2/c1-4-16(15(2)3)18-14-12-10-8-6-5-7-9-11-13-17/h15-16,18H,4-14,17H2,1-3H3. The summed E-state index contributed by atoms with van der Waals surface area (Å²) in [6.07, 6.45) is 12.1. The first-order valence-corrected chi connectivity index (χ1v) is 8.15. The average Bonchev–Trinajstić information content (AvgIpc) is 2.35. The van der Waals surface area contributed by atoms with Gasteiger partial charge in [0.1, 0.15) is 0 Å². The highest BCUT2D eigenvalue weighted by Gasteiger charge is 2.08. The second-order valence-electron chi connectivity index (χ2n) is 5.83. The van der Waals surface area contributed by atoms with E-state index in [4.69, 9.17) is 5.73 Å². The summed E-state index contributed by atoms with van der Waals surface area (Å²) >= 11 is 0. The molecule has 0 fully saturated rings. The number of nitrogens with two attached hydrogens (primary N) is 1. The second kappa shape index (κ2) is 13.4. The molecule has 0 aliphatic carbocycles. The largest absolute Gasteiger partial charge is 0.330 e. The lowest BCUT2D eigenvalue weighted by atomic mass is 10.0. The predicted molar refractivity (Wildman–Crippen MR) is 82.9 cm³/mol. The maximum Gasteiger partial charge on any atom is 0.00874 e. The molecule has 0 radical (unpaired) electrons. The van der Waals surface area contributed by atoms with E-state index in [-0.39, 0.29) is 0 Å². The van der Waals surface area contributed by atoms with Gasteiger partial charge in [-0.2, -0.15) is 0 Å². The highest BCUT2D eigenvalue weighted by atomic mass is 14.9. The van der Waals surface area contributed by atoms with Crippen LogP contribution in [0.2, 0.25) is 0 Å². The van der Waals surface area contributed by atoms with Crippen molar-refractivity contribution >= 4 is 0 Å². The van der Waals surface area contributed by atoms with Crippen LogP contribution in [-0.2, 0) is 0 Å². The van der Waals surface area contributed by atoms with E-state index >= 15 is 0 Å². The summed E-state index contributed by atoms with van der Waals surface area (Å²) in [5.41, 5.74) is 5.47. The Labute approximate surface area is 115 Å². The number of nitrogens with one attached hydrogen (secondary N) is 1. The molecule has 1 unspecified atom stereocenters. The molecule has 2 heteroatoms. The van der Waals surface area contributed by atoms with Crippen LogP contribution in [0, 0.1) is 5.92 Å². The number of hydrogen-bond donors (Lipinski definition) is 2. The van der Waals surface area contributed by atoms with E-state index in [0.717, 1.165) is 12.5 Å². The third-order valence-electron chi connectivity index (χ3n) is 3.78. The molecule has 0 amide bonds. The van der Waals surface area contributed by atoms with Crippen LogP contribution in [0.15, 0.2) is 0 Å². The minimum atomic E-state index is 0.710. The average molecular weight is 256 g/mol. The predicted octanol–water partition coefficient (Wildman–Crippen LogP) is 4.09. The van der Waals surface area contributed by atoms with Crippen LogP contribution in [-0.4, -0.2) is 19.1 Å². The maximum atomic E-state index is 5.47. The summed E-state index contributed by atoms with van der Waals surface area (Å²) in [4.78, 5) is 0. The zero-order valence-electron chi connectivity index (χ0n) is 13.0. The fourth-order valence-corrected chi connectivity index (χ4v) is 2.47. The van der Waals surface area contributed by atoms with Gasteiger partial charge in [0.15, 0.2) is 0 Å². The van der Waals surface area contributed by atoms with E-state index in [1.165, 1.54) is 64.3 Å². The SMILES string of the molecule is CCC(NCCCCCCCCCCN)C(C)C. The van der Waals surface area contributed by atoms with Gasteiger partial charge in [-0.3, -0.25) is 0 Å². The summed E-state index contributed by atoms with van der Waals surface area (Å²) in [7, 11) is 0. The normalized spacial score (nSPS) is 13.2. The Morgan fingerprint density at radius 3 is 1.78 bits per heavy atom. The van der Waals surface area contributed by atoms with Crippen LogP contribution >= 0.6 is 0 Å². The van der Waals surface area contributed by atoms with E-state index in [0.29, 0.717) is 6.04 Å². The lowest BCUT2D eigenvalue weighted by Gasteiger charge is -2.20. The van der Waals surface area contributed by atoms with Crippen molar-refractivity contribution < 1.29 is 0 Å². The van der Waals surface area contributed by atoms with Crippen LogP contribution in [0.25, 0.3) is 0 Å².